The second-order valence-corrected chi connectivity index (χ2v) is 13.2. The summed E-state index contributed by atoms with van der Waals surface area (Å²) in [6, 6.07) is 21.3. The van der Waals surface area contributed by atoms with Gasteiger partial charge in [-0.15, -0.1) is 0 Å². The number of epoxide rings is 1. The molecule has 1 N–H and O–H groups in total. The summed E-state index contributed by atoms with van der Waals surface area (Å²) in [5, 5.41) is 12.9. The fourth-order valence-electron chi connectivity index (χ4n) is 3.95. The van der Waals surface area contributed by atoms with Gasteiger partial charge in [-0.1, -0.05) is 81.4 Å². The van der Waals surface area contributed by atoms with Gasteiger partial charge in [0.15, 0.2) is 0 Å². The largest absolute Gasteiger partial charge is 0.407 e. The highest BCUT2D eigenvalue weighted by Crippen LogP contribution is 2.37. The Morgan fingerprint density at radius 2 is 1.52 bits per heavy atom. The number of hydrogen-bond donors (Lipinski definition) is 1. The highest BCUT2D eigenvalue weighted by atomic mass is 28.4. The van der Waals surface area contributed by atoms with Gasteiger partial charge in [-0.05, 0) is 28.8 Å². The maximum atomic E-state index is 10.4. The van der Waals surface area contributed by atoms with E-state index in [0.717, 1.165) is 6.61 Å². The molecule has 2 aromatic carbocycles. The van der Waals surface area contributed by atoms with Crippen LogP contribution in [0.1, 0.15) is 40.5 Å². The average molecular weight is 385 g/mol. The molecule has 1 fully saturated rings. The van der Waals surface area contributed by atoms with Gasteiger partial charge < -0.3 is 14.3 Å². The molecule has 0 radical (unpaired) electrons. The van der Waals surface area contributed by atoms with E-state index in [9.17, 15) is 5.11 Å². The molecule has 1 heterocycles. The monoisotopic (exact) mass is 384 g/mol. The summed E-state index contributed by atoms with van der Waals surface area (Å²) in [7, 11) is -2.50. The number of aliphatic hydroxyl groups is 1. The van der Waals surface area contributed by atoms with E-state index in [2.05, 4.69) is 88.4 Å². The van der Waals surface area contributed by atoms with Gasteiger partial charge in [0, 0.05) is 13.0 Å². The molecule has 2 aromatic rings. The van der Waals surface area contributed by atoms with Gasteiger partial charge in [-0.3, -0.25) is 0 Å². The van der Waals surface area contributed by atoms with E-state index in [-0.39, 0.29) is 10.6 Å². The van der Waals surface area contributed by atoms with Gasteiger partial charge in [0.2, 0.25) is 0 Å². The normalized spacial score (nSPS) is 21.1. The fourth-order valence-corrected chi connectivity index (χ4v) is 8.53. The second kappa shape index (κ2) is 7.88. The van der Waals surface area contributed by atoms with E-state index in [0.29, 0.717) is 19.4 Å². The van der Waals surface area contributed by atoms with Crippen LogP contribution >= 0.6 is 0 Å². The first-order valence-corrected chi connectivity index (χ1v) is 11.7. The molecular weight excluding hydrogens is 352 g/mol. The SMILES string of the molecule is CC(C)(C)[Si](OCC[C@H](O)C[C@@]1(C)CO1)(c1ccccc1)c1ccccc1. The molecule has 0 aliphatic carbocycles. The van der Waals surface area contributed by atoms with Crippen LogP contribution in [0.15, 0.2) is 60.7 Å². The standard InChI is InChI=1S/C23H32O3Si/c1-22(2,3)27(20-11-7-5-8-12-20,21-13-9-6-10-14-21)26-16-15-19(24)17-23(4)18-25-23/h5-14,19,24H,15-18H2,1-4H3/t19-,23-/m0/s1. The average Bonchev–Trinajstić information content (AvgIpc) is 3.36. The lowest BCUT2D eigenvalue weighted by Gasteiger charge is -2.43. The fraction of sp³-hybridized carbons (Fsp3) is 0.478. The zero-order chi connectivity index (χ0) is 19.5. The molecule has 0 unspecified atom stereocenters. The molecule has 3 nitrogen and oxygen atoms in total. The topological polar surface area (TPSA) is 42.0 Å². The molecule has 1 saturated heterocycles. The molecule has 146 valence electrons. The van der Waals surface area contributed by atoms with Crippen molar-refractivity contribution in [2.24, 2.45) is 0 Å². The third kappa shape index (κ3) is 4.52. The molecule has 27 heavy (non-hydrogen) atoms. The lowest BCUT2D eigenvalue weighted by molar-refractivity contribution is 0.103. The number of aliphatic hydroxyl groups excluding tert-OH is 1. The van der Waals surface area contributed by atoms with Crippen molar-refractivity contribution in [3.05, 3.63) is 60.7 Å². The molecule has 0 spiro atoms. The van der Waals surface area contributed by atoms with Crippen LogP contribution < -0.4 is 10.4 Å². The summed E-state index contributed by atoms with van der Waals surface area (Å²) in [6.07, 6.45) is 0.913. The zero-order valence-corrected chi connectivity index (χ0v) is 17.9. The third-order valence-corrected chi connectivity index (χ3v) is 10.5. The lowest BCUT2D eigenvalue weighted by Crippen LogP contribution is -2.66. The summed E-state index contributed by atoms with van der Waals surface area (Å²) < 4.78 is 12.2. The summed E-state index contributed by atoms with van der Waals surface area (Å²) in [4.78, 5) is 0. The molecular formula is C23H32O3Si. The first kappa shape index (κ1) is 20.3. The van der Waals surface area contributed by atoms with Crippen molar-refractivity contribution in [3.8, 4) is 0 Å². The second-order valence-electron chi connectivity index (χ2n) is 8.90. The highest BCUT2D eigenvalue weighted by molar-refractivity contribution is 6.99. The van der Waals surface area contributed by atoms with E-state index in [1.807, 2.05) is 0 Å². The first-order valence-electron chi connectivity index (χ1n) is 9.84. The van der Waals surface area contributed by atoms with Crippen LogP contribution in [0.25, 0.3) is 0 Å². The van der Waals surface area contributed by atoms with Crippen molar-refractivity contribution in [2.75, 3.05) is 13.2 Å². The molecule has 0 bridgehead atoms. The number of ether oxygens (including phenoxy) is 1. The van der Waals surface area contributed by atoms with E-state index in [1.54, 1.807) is 0 Å². The Morgan fingerprint density at radius 1 is 1.04 bits per heavy atom. The predicted molar refractivity (Wildman–Crippen MR) is 113 cm³/mol. The Bertz CT molecular complexity index is 681. The summed E-state index contributed by atoms with van der Waals surface area (Å²) in [6.45, 7) is 10.2. The van der Waals surface area contributed by atoms with Crippen molar-refractivity contribution in [1.82, 2.24) is 0 Å². The molecule has 1 aliphatic heterocycles. The quantitative estimate of drug-likeness (QED) is 0.559. The van der Waals surface area contributed by atoms with Gasteiger partial charge in [0.1, 0.15) is 0 Å². The van der Waals surface area contributed by atoms with E-state index in [1.165, 1.54) is 10.4 Å². The number of benzene rings is 2. The molecule has 3 rings (SSSR count). The van der Waals surface area contributed by atoms with Crippen LogP contribution in [0, 0.1) is 0 Å². The van der Waals surface area contributed by atoms with Crippen molar-refractivity contribution < 1.29 is 14.3 Å². The molecule has 4 heteroatoms. The minimum Gasteiger partial charge on any atom is -0.407 e. The smallest absolute Gasteiger partial charge is 0.261 e. The highest BCUT2D eigenvalue weighted by Gasteiger charge is 2.50. The van der Waals surface area contributed by atoms with Gasteiger partial charge in [-0.25, -0.2) is 0 Å². The molecule has 0 aromatic heterocycles. The van der Waals surface area contributed by atoms with Gasteiger partial charge in [-0.2, -0.15) is 0 Å². The zero-order valence-electron chi connectivity index (χ0n) is 16.9. The third-order valence-electron chi connectivity index (χ3n) is 5.49. The van der Waals surface area contributed by atoms with E-state index >= 15 is 0 Å². The van der Waals surface area contributed by atoms with Gasteiger partial charge >= 0.3 is 0 Å². The van der Waals surface area contributed by atoms with E-state index in [4.69, 9.17) is 9.16 Å². The van der Waals surface area contributed by atoms with Crippen molar-refractivity contribution in [2.45, 2.75) is 57.3 Å². The Hall–Kier alpha value is -1.46. The lowest BCUT2D eigenvalue weighted by atomic mass is 10.0. The van der Waals surface area contributed by atoms with Crippen LogP contribution in [0.5, 0.6) is 0 Å². The summed E-state index contributed by atoms with van der Waals surface area (Å²) >= 11 is 0. The Balaban J connectivity index is 1.87. The molecule has 0 amide bonds. The minimum absolute atomic E-state index is 0.0355. The Labute approximate surface area is 164 Å². The van der Waals surface area contributed by atoms with Crippen molar-refractivity contribution >= 4 is 18.7 Å². The summed E-state index contributed by atoms with van der Waals surface area (Å²) in [5.74, 6) is 0. The number of hydrogen-bond acceptors (Lipinski definition) is 3. The number of rotatable bonds is 8. The van der Waals surface area contributed by atoms with Crippen molar-refractivity contribution in [3.63, 3.8) is 0 Å². The predicted octanol–water partition coefficient (Wildman–Crippen LogP) is 3.49. The molecule has 1 aliphatic rings. The first-order chi connectivity index (χ1) is 12.8. The summed E-state index contributed by atoms with van der Waals surface area (Å²) in [5.41, 5.74) is -0.128. The Kier molecular flexibility index (Phi) is 5.92. The van der Waals surface area contributed by atoms with Crippen LogP contribution in [-0.4, -0.2) is 38.3 Å². The maximum Gasteiger partial charge on any atom is 0.261 e. The maximum absolute atomic E-state index is 10.4. The van der Waals surface area contributed by atoms with Crippen LogP contribution in [0.4, 0.5) is 0 Å². The minimum atomic E-state index is -2.50. The van der Waals surface area contributed by atoms with Gasteiger partial charge in [0.25, 0.3) is 8.32 Å². The van der Waals surface area contributed by atoms with Crippen LogP contribution in [-0.2, 0) is 9.16 Å². The van der Waals surface area contributed by atoms with Gasteiger partial charge in [0.05, 0.1) is 18.3 Å². The molecule has 0 saturated carbocycles. The van der Waals surface area contributed by atoms with Crippen LogP contribution in [0.3, 0.4) is 0 Å². The van der Waals surface area contributed by atoms with E-state index < -0.39 is 14.4 Å². The van der Waals surface area contributed by atoms with Crippen molar-refractivity contribution in [1.29, 1.82) is 0 Å². The Morgan fingerprint density at radius 3 is 1.93 bits per heavy atom. The van der Waals surface area contributed by atoms with Crippen LogP contribution in [0.2, 0.25) is 5.04 Å². The molecule has 2 atom stereocenters.